The fraction of sp³-hybridized carbons (Fsp3) is 0.444. The van der Waals surface area contributed by atoms with E-state index in [9.17, 15) is 13.6 Å². The number of benzene rings is 1. The smallest absolute Gasteiger partial charge is 0.279 e. The van der Waals surface area contributed by atoms with Gasteiger partial charge in [-0.15, -0.1) is 0 Å². The number of likely N-dealkylation sites (tertiary alicyclic amines) is 1. The SMILES string of the molecule is O=C(NCC(c1ccccc1)N1CCCCC1)c1cc(C(F)F)[nH]n1. The molecule has 1 amide bonds. The molecule has 7 heteroatoms. The largest absolute Gasteiger partial charge is 0.349 e. The number of aromatic nitrogens is 2. The third-order valence-corrected chi connectivity index (χ3v) is 4.54. The van der Waals surface area contributed by atoms with E-state index in [4.69, 9.17) is 0 Å². The number of H-pyrrole nitrogens is 1. The highest BCUT2D eigenvalue weighted by atomic mass is 19.3. The van der Waals surface area contributed by atoms with E-state index in [2.05, 4.69) is 32.5 Å². The quantitative estimate of drug-likeness (QED) is 0.842. The Labute approximate surface area is 145 Å². The van der Waals surface area contributed by atoms with E-state index in [0.717, 1.165) is 37.6 Å². The fourth-order valence-corrected chi connectivity index (χ4v) is 3.21. The molecule has 2 aromatic rings. The normalized spacial score (nSPS) is 16.8. The van der Waals surface area contributed by atoms with Crippen LogP contribution >= 0.6 is 0 Å². The van der Waals surface area contributed by atoms with Crippen LogP contribution in [0.15, 0.2) is 36.4 Å². The molecule has 1 fully saturated rings. The average Bonchev–Trinajstić information content (AvgIpc) is 3.14. The molecule has 1 atom stereocenters. The molecular weight excluding hydrogens is 326 g/mol. The van der Waals surface area contributed by atoms with Crippen molar-refractivity contribution in [3.05, 3.63) is 53.3 Å². The molecule has 134 valence electrons. The Morgan fingerprint density at radius 3 is 2.56 bits per heavy atom. The minimum atomic E-state index is -2.67. The van der Waals surface area contributed by atoms with E-state index >= 15 is 0 Å². The van der Waals surface area contributed by atoms with Crippen LogP contribution in [0.1, 0.15) is 53.5 Å². The lowest BCUT2D eigenvalue weighted by atomic mass is 10.0. The summed E-state index contributed by atoms with van der Waals surface area (Å²) in [5.74, 6) is -0.443. The Bertz CT molecular complexity index is 683. The van der Waals surface area contributed by atoms with Crippen LogP contribution in [0.5, 0.6) is 0 Å². The van der Waals surface area contributed by atoms with E-state index in [0.29, 0.717) is 6.54 Å². The van der Waals surface area contributed by atoms with E-state index in [1.165, 1.54) is 6.42 Å². The van der Waals surface area contributed by atoms with Gasteiger partial charge in [0.2, 0.25) is 0 Å². The lowest BCUT2D eigenvalue weighted by Crippen LogP contribution is -2.40. The molecule has 0 bridgehead atoms. The van der Waals surface area contributed by atoms with Crippen LogP contribution in [0.3, 0.4) is 0 Å². The zero-order chi connectivity index (χ0) is 17.6. The number of aromatic amines is 1. The van der Waals surface area contributed by atoms with Crippen LogP contribution in [-0.2, 0) is 0 Å². The van der Waals surface area contributed by atoms with E-state index < -0.39 is 12.3 Å². The van der Waals surface area contributed by atoms with E-state index in [1.807, 2.05) is 18.2 Å². The summed E-state index contributed by atoms with van der Waals surface area (Å²) in [4.78, 5) is 14.6. The molecule has 0 aliphatic carbocycles. The number of carbonyl (C=O) groups excluding carboxylic acids is 1. The maximum atomic E-state index is 12.6. The van der Waals surface area contributed by atoms with Gasteiger partial charge in [-0.05, 0) is 37.6 Å². The standard InChI is InChI=1S/C18H22F2N4O/c19-17(20)14-11-15(23-22-14)18(25)21-12-16(13-7-3-1-4-8-13)24-9-5-2-6-10-24/h1,3-4,7-8,11,16-17H,2,5-6,9-10,12H2,(H,21,25)(H,22,23). The molecule has 3 rings (SSSR count). The highest BCUT2D eigenvalue weighted by molar-refractivity contribution is 5.92. The third kappa shape index (κ3) is 4.42. The van der Waals surface area contributed by atoms with Gasteiger partial charge in [0.15, 0.2) is 0 Å². The predicted octanol–water partition coefficient (Wildman–Crippen LogP) is 3.30. The monoisotopic (exact) mass is 348 g/mol. The molecule has 2 heterocycles. The zero-order valence-corrected chi connectivity index (χ0v) is 13.9. The Balaban J connectivity index is 1.68. The lowest BCUT2D eigenvalue weighted by Gasteiger charge is -2.35. The maximum Gasteiger partial charge on any atom is 0.279 e. The summed E-state index contributed by atoms with van der Waals surface area (Å²) in [5, 5.41) is 8.71. The molecule has 1 aliphatic heterocycles. The lowest BCUT2D eigenvalue weighted by molar-refractivity contribution is 0.0919. The molecular formula is C18H22F2N4O. The molecule has 2 N–H and O–H groups in total. The van der Waals surface area contributed by atoms with Gasteiger partial charge in [0.05, 0.1) is 6.04 Å². The first-order chi connectivity index (χ1) is 12.1. The summed E-state index contributed by atoms with van der Waals surface area (Å²) >= 11 is 0. The number of alkyl halides is 2. The topological polar surface area (TPSA) is 61.0 Å². The molecule has 1 unspecified atom stereocenters. The van der Waals surface area contributed by atoms with Crippen LogP contribution < -0.4 is 5.32 Å². The molecule has 5 nitrogen and oxygen atoms in total. The van der Waals surface area contributed by atoms with Crippen LogP contribution in [0.4, 0.5) is 8.78 Å². The van der Waals surface area contributed by atoms with Crippen LogP contribution in [0.25, 0.3) is 0 Å². The zero-order valence-electron chi connectivity index (χ0n) is 13.9. The Morgan fingerprint density at radius 2 is 1.92 bits per heavy atom. The molecule has 1 saturated heterocycles. The van der Waals surface area contributed by atoms with Crippen molar-refractivity contribution in [3.8, 4) is 0 Å². The summed E-state index contributed by atoms with van der Waals surface area (Å²) in [7, 11) is 0. The molecule has 0 spiro atoms. The summed E-state index contributed by atoms with van der Waals surface area (Å²) in [6.07, 6.45) is 0.857. The molecule has 1 aliphatic rings. The second kappa shape index (κ2) is 8.20. The highest BCUT2D eigenvalue weighted by Crippen LogP contribution is 2.24. The molecule has 1 aromatic heterocycles. The summed E-state index contributed by atoms with van der Waals surface area (Å²) in [6.45, 7) is 2.40. The molecule has 0 radical (unpaired) electrons. The van der Waals surface area contributed by atoms with Crippen molar-refractivity contribution >= 4 is 5.91 Å². The molecule has 1 aromatic carbocycles. The van der Waals surface area contributed by atoms with E-state index in [-0.39, 0.29) is 17.4 Å². The van der Waals surface area contributed by atoms with Crippen molar-refractivity contribution in [1.82, 2.24) is 20.4 Å². The van der Waals surface area contributed by atoms with Crippen LogP contribution in [-0.4, -0.2) is 40.6 Å². The number of nitrogens with one attached hydrogen (secondary N) is 2. The van der Waals surface area contributed by atoms with Gasteiger partial charge in [-0.3, -0.25) is 14.8 Å². The fourth-order valence-electron chi connectivity index (χ4n) is 3.21. The van der Waals surface area contributed by atoms with Gasteiger partial charge in [-0.2, -0.15) is 5.10 Å². The van der Waals surface area contributed by atoms with Crippen LogP contribution in [0, 0.1) is 0 Å². The van der Waals surface area contributed by atoms with Gasteiger partial charge < -0.3 is 5.32 Å². The Kier molecular flexibility index (Phi) is 5.75. The first-order valence-corrected chi connectivity index (χ1v) is 8.56. The van der Waals surface area contributed by atoms with E-state index in [1.54, 1.807) is 0 Å². The number of piperidine rings is 1. The number of rotatable bonds is 6. The third-order valence-electron chi connectivity index (χ3n) is 4.54. The summed E-state index contributed by atoms with van der Waals surface area (Å²) < 4.78 is 25.2. The Hall–Kier alpha value is -2.28. The summed E-state index contributed by atoms with van der Waals surface area (Å²) in [5.41, 5.74) is 0.779. The minimum Gasteiger partial charge on any atom is -0.349 e. The number of amides is 1. The summed E-state index contributed by atoms with van der Waals surface area (Å²) in [6, 6.07) is 11.2. The van der Waals surface area contributed by atoms with Crippen molar-refractivity contribution in [1.29, 1.82) is 0 Å². The minimum absolute atomic E-state index is 0.0132. The van der Waals surface area contributed by atoms with Crippen molar-refractivity contribution < 1.29 is 13.6 Å². The Morgan fingerprint density at radius 1 is 1.20 bits per heavy atom. The van der Waals surface area contributed by atoms with Crippen molar-refractivity contribution in [2.75, 3.05) is 19.6 Å². The van der Waals surface area contributed by atoms with Gasteiger partial charge >= 0.3 is 0 Å². The second-order valence-electron chi connectivity index (χ2n) is 6.24. The first-order valence-electron chi connectivity index (χ1n) is 8.56. The number of hydrogen-bond donors (Lipinski definition) is 2. The first kappa shape index (κ1) is 17.5. The average molecular weight is 348 g/mol. The van der Waals surface area contributed by atoms with Gasteiger partial charge in [0.25, 0.3) is 12.3 Å². The maximum absolute atomic E-state index is 12.6. The highest BCUT2D eigenvalue weighted by Gasteiger charge is 2.23. The number of carbonyl (C=O) groups is 1. The predicted molar refractivity (Wildman–Crippen MR) is 90.5 cm³/mol. The molecule has 25 heavy (non-hydrogen) atoms. The van der Waals surface area contributed by atoms with Gasteiger partial charge in [0, 0.05) is 6.54 Å². The van der Waals surface area contributed by atoms with Gasteiger partial charge in [-0.25, -0.2) is 8.78 Å². The second-order valence-corrected chi connectivity index (χ2v) is 6.24. The van der Waals surface area contributed by atoms with Crippen molar-refractivity contribution in [2.24, 2.45) is 0 Å². The van der Waals surface area contributed by atoms with Gasteiger partial charge in [0.1, 0.15) is 11.4 Å². The molecule has 0 saturated carbocycles. The number of hydrogen-bond acceptors (Lipinski definition) is 3. The number of halogens is 2. The van der Waals surface area contributed by atoms with Crippen molar-refractivity contribution in [3.63, 3.8) is 0 Å². The van der Waals surface area contributed by atoms with Crippen LogP contribution in [0.2, 0.25) is 0 Å². The van der Waals surface area contributed by atoms with Gasteiger partial charge in [-0.1, -0.05) is 36.8 Å². The number of nitrogens with zero attached hydrogens (tertiary/aromatic N) is 2. The van der Waals surface area contributed by atoms with Crippen molar-refractivity contribution in [2.45, 2.75) is 31.7 Å².